The Morgan fingerprint density at radius 3 is 2.94 bits per heavy atom. The minimum absolute atomic E-state index is 0.181. The minimum Gasteiger partial charge on any atom is -0.380 e. The Morgan fingerprint density at radius 2 is 2.38 bits per heavy atom. The summed E-state index contributed by atoms with van der Waals surface area (Å²) in [7, 11) is 0. The van der Waals surface area contributed by atoms with Crippen molar-refractivity contribution in [1.82, 2.24) is 10.6 Å². The Labute approximate surface area is 97.1 Å². The molecule has 2 aliphatic heterocycles. The van der Waals surface area contributed by atoms with Crippen LogP contribution in [0.25, 0.3) is 0 Å². The summed E-state index contributed by atoms with van der Waals surface area (Å²) in [5, 5.41) is 6.36. The fourth-order valence-electron chi connectivity index (χ4n) is 2.30. The lowest BCUT2D eigenvalue weighted by molar-refractivity contribution is -0.127. The van der Waals surface area contributed by atoms with Crippen LogP contribution in [-0.2, 0) is 9.53 Å². The average Bonchev–Trinajstić information content (AvgIpc) is 2.25. The van der Waals surface area contributed by atoms with E-state index in [1.54, 1.807) is 0 Å². The molecule has 92 valence electrons. The van der Waals surface area contributed by atoms with Crippen molar-refractivity contribution < 1.29 is 9.53 Å². The molecule has 0 radical (unpaired) electrons. The van der Waals surface area contributed by atoms with Crippen molar-refractivity contribution in [3.8, 4) is 0 Å². The molecule has 4 heteroatoms. The van der Waals surface area contributed by atoms with Gasteiger partial charge in [0.05, 0.1) is 13.2 Å². The number of hydrogen-bond donors (Lipinski definition) is 2. The van der Waals surface area contributed by atoms with Crippen LogP contribution in [-0.4, -0.2) is 38.8 Å². The predicted octanol–water partition coefficient (Wildman–Crippen LogP) is 0.529. The zero-order chi connectivity index (χ0) is 11.4. The highest BCUT2D eigenvalue weighted by Gasteiger charge is 2.33. The third kappa shape index (κ3) is 3.19. The van der Waals surface area contributed by atoms with Crippen LogP contribution < -0.4 is 10.6 Å². The van der Waals surface area contributed by atoms with Crippen molar-refractivity contribution in [3.63, 3.8) is 0 Å². The number of rotatable bonds is 4. The number of ether oxygens (including phenoxy) is 1. The van der Waals surface area contributed by atoms with Gasteiger partial charge in [-0.3, -0.25) is 4.79 Å². The van der Waals surface area contributed by atoms with Gasteiger partial charge in [-0.2, -0.15) is 0 Å². The molecule has 2 saturated heterocycles. The molecular formula is C12H22N2O2. The molecular weight excluding hydrogens is 204 g/mol. The summed E-state index contributed by atoms with van der Waals surface area (Å²) in [6.45, 7) is 6.56. The SMILES string of the molecule is CC1(CNC(=O)CC2CCCNC2)COC1. The zero-order valence-electron chi connectivity index (χ0n) is 10.1. The smallest absolute Gasteiger partial charge is 0.220 e. The van der Waals surface area contributed by atoms with Crippen molar-refractivity contribution in [2.45, 2.75) is 26.2 Å². The van der Waals surface area contributed by atoms with Crippen molar-refractivity contribution in [1.29, 1.82) is 0 Å². The van der Waals surface area contributed by atoms with E-state index in [2.05, 4.69) is 17.6 Å². The van der Waals surface area contributed by atoms with Crippen LogP contribution in [0.1, 0.15) is 26.2 Å². The molecule has 16 heavy (non-hydrogen) atoms. The second-order valence-electron chi connectivity index (χ2n) is 5.50. The predicted molar refractivity (Wildman–Crippen MR) is 62.1 cm³/mol. The second kappa shape index (κ2) is 5.15. The number of amides is 1. The molecule has 2 fully saturated rings. The summed E-state index contributed by atoms with van der Waals surface area (Å²) >= 11 is 0. The van der Waals surface area contributed by atoms with Gasteiger partial charge in [-0.05, 0) is 31.8 Å². The van der Waals surface area contributed by atoms with E-state index in [-0.39, 0.29) is 11.3 Å². The van der Waals surface area contributed by atoms with Crippen LogP contribution in [0.4, 0.5) is 0 Å². The molecule has 2 N–H and O–H groups in total. The molecule has 1 atom stereocenters. The standard InChI is InChI=1S/C12H22N2O2/c1-12(8-16-9-12)7-14-11(15)5-10-3-2-4-13-6-10/h10,13H,2-9H2,1H3,(H,14,15). The molecule has 0 aromatic rings. The van der Waals surface area contributed by atoms with Gasteiger partial charge in [-0.15, -0.1) is 0 Å². The van der Waals surface area contributed by atoms with E-state index in [1.807, 2.05) is 0 Å². The zero-order valence-corrected chi connectivity index (χ0v) is 10.1. The lowest BCUT2D eigenvalue weighted by Crippen LogP contribution is -2.49. The van der Waals surface area contributed by atoms with Gasteiger partial charge in [0.1, 0.15) is 0 Å². The molecule has 2 heterocycles. The van der Waals surface area contributed by atoms with Crippen LogP contribution in [0.3, 0.4) is 0 Å². The monoisotopic (exact) mass is 226 g/mol. The lowest BCUT2D eigenvalue weighted by Gasteiger charge is -2.38. The van der Waals surface area contributed by atoms with Crippen LogP contribution in [0.15, 0.2) is 0 Å². The maximum absolute atomic E-state index is 11.7. The molecule has 0 aromatic carbocycles. The summed E-state index contributed by atoms with van der Waals surface area (Å²) in [5.74, 6) is 0.723. The normalized spacial score (nSPS) is 28.2. The van der Waals surface area contributed by atoms with Gasteiger partial charge in [0.15, 0.2) is 0 Å². The molecule has 0 aliphatic carbocycles. The molecule has 0 saturated carbocycles. The number of carbonyl (C=O) groups excluding carboxylic acids is 1. The molecule has 1 amide bonds. The number of nitrogens with one attached hydrogen (secondary N) is 2. The van der Waals surface area contributed by atoms with Crippen LogP contribution in [0.2, 0.25) is 0 Å². The van der Waals surface area contributed by atoms with Gasteiger partial charge < -0.3 is 15.4 Å². The highest BCUT2D eigenvalue weighted by atomic mass is 16.5. The topological polar surface area (TPSA) is 50.4 Å². The van der Waals surface area contributed by atoms with Crippen molar-refractivity contribution in [2.24, 2.45) is 11.3 Å². The van der Waals surface area contributed by atoms with E-state index in [4.69, 9.17) is 4.74 Å². The van der Waals surface area contributed by atoms with E-state index in [9.17, 15) is 4.79 Å². The van der Waals surface area contributed by atoms with Crippen LogP contribution >= 0.6 is 0 Å². The molecule has 2 aliphatic rings. The van der Waals surface area contributed by atoms with Crippen molar-refractivity contribution in [3.05, 3.63) is 0 Å². The Hall–Kier alpha value is -0.610. The molecule has 1 unspecified atom stereocenters. The summed E-state index contributed by atoms with van der Waals surface area (Å²) in [6.07, 6.45) is 3.05. The number of hydrogen-bond acceptors (Lipinski definition) is 3. The van der Waals surface area contributed by atoms with Gasteiger partial charge in [-0.1, -0.05) is 6.92 Å². The number of carbonyl (C=O) groups is 1. The number of piperidine rings is 1. The Morgan fingerprint density at radius 1 is 1.56 bits per heavy atom. The van der Waals surface area contributed by atoms with E-state index in [0.29, 0.717) is 12.3 Å². The molecule has 0 bridgehead atoms. The fourth-order valence-corrected chi connectivity index (χ4v) is 2.30. The van der Waals surface area contributed by atoms with Crippen LogP contribution in [0, 0.1) is 11.3 Å². The molecule has 0 aromatic heterocycles. The Bertz CT molecular complexity index is 245. The lowest BCUT2D eigenvalue weighted by atomic mass is 9.88. The maximum Gasteiger partial charge on any atom is 0.220 e. The highest BCUT2D eigenvalue weighted by Crippen LogP contribution is 2.25. The molecule has 0 spiro atoms. The largest absolute Gasteiger partial charge is 0.380 e. The van der Waals surface area contributed by atoms with Crippen molar-refractivity contribution in [2.75, 3.05) is 32.8 Å². The first-order valence-corrected chi connectivity index (χ1v) is 6.23. The first-order valence-electron chi connectivity index (χ1n) is 6.23. The summed E-state index contributed by atoms with van der Waals surface area (Å²) in [4.78, 5) is 11.7. The van der Waals surface area contributed by atoms with Gasteiger partial charge in [0, 0.05) is 18.4 Å². The quantitative estimate of drug-likeness (QED) is 0.735. The Balaban J connectivity index is 1.63. The third-order valence-electron chi connectivity index (χ3n) is 3.49. The van der Waals surface area contributed by atoms with Gasteiger partial charge in [-0.25, -0.2) is 0 Å². The Kier molecular flexibility index (Phi) is 3.82. The van der Waals surface area contributed by atoms with E-state index < -0.39 is 0 Å². The van der Waals surface area contributed by atoms with Gasteiger partial charge in [0.2, 0.25) is 5.91 Å². The first-order chi connectivity index (χ1) is 7.68. The van der Waals surface area contributed by atoms with E-state index >= 15 is 0 Å². The van der Waals surface area contributed by atoms with Crippen molar-refractivity contribution >= 4 is 5.91 Å². The fraction of sp³-hybridized carbons (Fsp3) is 0.917. The summed E-state index contributed by atoms with van der Waals surface area (Å²) in [6, 6.07) is 0. The second-order valence-corrected chi connectivity index (χ2v) is 5.50. The summed E-state index contributed by atoms with van der Waals surface area (Å²) < 4.78 is 5.16. The third-order valence-corrected chi connectivity index (χ3v) is 3.49. The van der Waals surface area contributed by atoms with E-state index in [0.717, 1.165) is 32.8 Å². The minimum atomic E-state index is 0.181. The van der Waals surface area contributed by atoms with E-state index in [1.165, 1.54) is 12.8 Å². The molecule has 2 rings (SSSR count). The summed E-state index contributed by atoms with van der Waals surface area (Å²) in [5.41, 5.74) is 0.181. The maximum atomic E-state index is 11.7. The highest BCUT2D eigenvalue weighted by molar-refractivity contribution is 5.76. The van der Waals surface area contributed by atoms with Gasteiger partial charge in [0.25, 0.3) is 0 Å². The average molecular weight is 226 g/mol. The van der Waals surface area contributed by atoms with Gasteiger partial charge >= 0.3 is 0 Å². The van der Waals surface area contributed by atoms with Crippen LogP contribution in [0.5, 0.6) is 0 Å². The molecule has 4 nitrogen and oxygen atoms in total. The first kappa shape index (κ1) is 11.9.